The van der Waals surface area contributed by atoms with Crippen LogP contribution in [0.4, 0.5) is 10.1 Å². The van der Waals surface area contributed by atoms with E-state index >= 15 is 0 Å². The van der Waals surface area contributed by atoms with Crippen molar-refractivity contribution in [3.63, 3.8) is 0 Å². The van der Waals surface area contributed by atoms with E-state index in [0.29, 0.717) is 24.7 Å². The Kier molecular flexibility index (Phi) is 4.47. The minimum Gasteiger partial charge on any atom is -0.368 e. The predicted octanol–water partition coefficient (Wildman–Crippen LogP) is 1.77. The topological polar surface area (TPSA) is 66.6 Å². The lowest BCUT2D eigenvalue weighted by Gasteiger charge is -2.36. The minimum atomic E-state index is -0.243. The maximum Gasteiger partial charge on any atom is 0.252 e. The van der Waals surface area contributed by atoms with Gasteiger partial charge in [0.05, 0.1) is 6.42 Å². The summed E-state index contributed by atoms with van der Waals surface area (Å²) in [5.74, 6) is 0.782. The molecule has 0 unspecified atom stereocenters. The second kappa shape index (κ2) is 6.94. The van der Waals surface area contributed by atoms with Crippen LogP contribution in [-0.2, 0) is 11.2 Å². The fourth-order valence-electron chi connectivity index (χ4n) is 3.40. The molecule has 1 amide bonds. The van der Waals surface area contributed by atoms with Crippen LogP contribution in [0.1, 0.15) is 17.2 Å². The molecule has 0 atom stereocenters. The first kappa shape index (κ1) is 17.4. The average molecular weight is 368 g/mol. The van der Waals surface area contributed by atoms with Crippen molar-refractivity contribution >= 4 is 17.4 Å². The van der Waals surface area contributed by atoms with Gasteiger partial charge in [-0.3, -0.25) is 4.79 Å². The van der Waals surface area contributed by atoms with Crippen LogP contribution in [-0.4, -0.2) is 56.6 Å². The number of hydrogen-bond donors (Lipinski definition) is 0. The van der Waals surface area contributed by atoms with Gasteiger partial charge in [-0.25, -0.2) is 13.9 Å². The molecule has 7 nitrogen and oxygen atoms in total. The second-order valence-corrected chi connectivity index (χ2v) is 6.80. The van der Waals surface area contributed by atoms with Crippen LogP contribution < -0.4 is 4.90 Å². The highest BCUT2D eigenvalue weighted by atomic mass is 19.1. The molecule has 2 aromatic heterocycles. The molecular formula is C19H21FN6O. The summed E-state index contributed by atoms with van der Waals surface area (Å²) in [5, 5.41) is 4.41. The summed E-state index contributed by atoms with van der Waals surface area (Å²) in [4.78, 5) is 25.4. The van der Waals surface area contributed by atoms with E-state index < -0.39 is 0 Å². The normalized spacial score (nSPS) is 14.8. The van der Waals surface area contributed by atoms with Gasteiger partial charge in [0, 0.05) is 43.3 Å². The van der Waals surface area contributed by atoms with Crippen molar-refractivity contribution < 1.29 is 9.18 Å². The van der Waals surface area contributed by atoms with Gasteiger partial charge in [-0.2, -0.15) is 4.98 Å². The zero-order valence-electron chi connectivity index (χ0n) is 15.4. The highest BCUT2D eigenvalue weighted by molar-refractivity contribution is 5.78. The Balaban J connectivity index is 1.39. The van der Waals surface area contributed by atoms with Crippen LogP contribution in [0.2, 0.25) is 0 Å². The molecule has 0 N–H and O–H groups in total. The molecule has 1 fully saturated rings. The highest BCUT2D eigenvalue weighted by Crippen LogP contribution is 2.17. The summed E-state index contributed by atoms with van der Waals surface area (Å²) in [6.45, 7) is 6.54. The maximum atomic E-state index is 13.1. The first-order valence-corrected chi connectivity index (χ1v) is 8.98. The number of hydrogen-bond acceptors (Lipinski definition) is 5. The number of carbonyl (C=O) groups is 1. The van der Waals surface area contributed by atoms with E-state index in [4.69, 9.17) is 0 Å². The number of nitrogens with zero attached hydrogens (tertiary/aromatic N) is 6. The number of piperazine rings is 1. The van der Waals surface area contributed by atoms with E-state index in [1.54, 1.807) is 16.6 Å². The van der Waals surface area contributed by atoms with Gasteiger partial charge < -0.3 is 9.80 Å². The Hall–Kier alpha value is -3.03. The van der Waals surface area contributed by atoms with E-state index in [1.807, 2.05) is 24.8 Å². The van der Waals surface area contributed by atoms with Crippen LogP contribution in [0, 0.1) is 19.7 Å². The number of anilines is 1. The molecule has 27 heavy (non-hydrogen) atoms. The number of carbonyl (C=O) groups excluding carboxylic acids is 1. The van der Waals surface area contributed by atoms with Crippen LogP contribution in [0.15, 0.2) is 30.3 Å². The molecule has 1 aliphatic heterocycles. The van der Waals surface area contributed by atoms with Gasteiger partial charge in [-0.15, -0.1) is 5.10 Å². The summed E-state index contributed by atoms with van der Waals surface area (Å²) in [6.07, 6.45) is 0.165. The zero-order valence-corrected chi connectivity index (χ0v) is 15.4. The number of aryl methyl sites for hydroxylation is 2. The molecule has 8 heteroatoms. The molecule has 1 saturated heterocycles. The van der Waals surface area contributed by atoms with Crippen molar-refractivity contribution in [3.05, 3.63) is 53.4 Å². The van der Waals surface area contributed by atoms with Crippen molar-refractivity contribution in [3.8, 4) is 0 Å². The fraction of sp³-hybridized carbons (Fsp3) is 0.368. The van der Waals surface area contributed by atoms with E-state index in [-0.39, 0.29) is 18.1 Å². The number of halogens is 1. The number of benzene rings is 1. The van der Waals surface area contributed by atoms with Gasteiger partial charge in [0.15, 0.2) is 5.82 Å². The SMILES string of the molecule is Cc1cc(C)n2nc(CC(=O)N3CCN(c4ccc(F)cc4)CC3)nc2n1. The number of rotatable bonds is 3. The first-order valence-electron chi connectivity index (χ1n) is 8.98. The van der Waals surface area contributed by atoms with Gasteiger partial charge in [0.1, 0.15) is 5.82 Å². The van der Waals surface area contributed by atoms with Crippen LogP contribution in [0.5, 0.6) is 0 Å². The van der Waals surface area contributed by atoms with Crippen molar-refractivity contribution in [2.45, 2.75) is 20.3 Å². The van der Waals surface area contributed by atoms with Crippen LogP contribution >= 0.6 is 0 Å². The third-order valence-corrected chi connectivity index (χ3v) is 4.80. The van der Waals surface area contributed by atoms with Crippen molar-refractivity contribution in [2.24, 2.45) is 0 Å². The van der Waals surface area contributed by atoms with Gasteiger partial charge in [0.25, 0.3) is 5.78 Å². The summed E-state index contributed by atoms with van der Waals surface area (Å²) < 4.78 is 14.7. The van der Waals surface area contributed by atoms with Gasteiger partial charge in [0.2, 0.25) is 5.91 Å². The third kappa shape index (κ3) is 3.60. The van der Waals surface area contributed by atoms with E-state index in [1.165, 1.54) is 12.1 Å². The Morgan fingerprint density at radius 1 is 1.07 bits per heavy atom. The Bertz CT molecular complexity index is 976. The molecule has 1 aliphatic rings. The lowest BCUT2D eigenvalue weighted by molar-refractivity contribution is -0.130. The Morgan fingerprint density at radius 2 is 1.78 bits per heavy atom. The van der Waals surface area contributed by atoms with E-state index in [2.05, 4.69) is 20.0 Å². The largest absolute Gasteiger partial charge is 0.368 e. The van der Waals surface area contributed by atoms with Gasteiger partial charge in [-0.05, 0) is 44.2 Å². The molecule has 140 valence electrons. The monoisotopic (exact) mass is 368 g/mol. The average Bonchev–Trinajstić information content (AvgIpc) is 3.05. The molecule has 0 bridgehead atoms. The van der Waals surface area contributed by atoms with E-state index in [9.17, 15) is 9.18 Å². The van der Waals surface area contributed by atoms with Gasteiger partial charge >= 0.3 is 0 Å². The molecule has 0 aliphatic carbocycles. The summed E-state index contributed by atoms with van der Waals surface area (Å²) in [7, 11) is 0. The van der Waals surface area contributed by atoms with Crippen molar-refractivity contribution in [1.82, 2.24) is 24.5 Å². The zero-order chi connectivity index (χ0) is 19.0. The Labute approximate surface area is 156 Å². The van der Waals surface area contributed by atoms with Crippen LogP contribution in [0.3, 0.4) is 0 Å². The lowest BCUT2D eigenvalue weighted by atomic mass is 10.2. The molecular weight excluding hydrogens is 347 g/mol. The number of amides is 1. The number of fused-ring (bicyclic) bond motifs is 1. The van der Waals surface area contributed by atoms with Crippen molar-refractivity contribution in [1.29, 1.82) is 0 Å². The molecule has 0 saturated carbocycles. The molecule has 3 heterocycles. The van der Waals surface area contributed by atoms with E-state index in [0.717, 1.165) is 30.2 Å². The smallest absolute Gasteiger partial charge is 0.252 e. The molecule has 0 spiro atoms. The molecule has 3 aromatic rings. The highest BCUT2D eigenvalue weighted by Gasteiger charge is 2.23. The first-order chi connectivity index (χ1) is 13.0. The number of aromatic nitrogens is 4. The Morgan fingerprint density at radius 3 is 2.48 bits per heavy atom. The summed E-state index contributed by atoms with van der Waals surface area (Å²) in [6, 6.07) is 8.39. The minimum absolute atomic E-state index is 0.0130. The van der Waals surface area contributed by atoms with Crippen molar-refractivity contribution in [2.75, 3.05) is 31.1 Å². The van der Waals surface area contributed by atoms with Crippen LogP contribution in [0.25, 0.3) is 5.78 Å². The molecule has 1 aromatic carbocycles. The fourth-order valence-corrected chi connectivity index (χ4v) is 3.40. The molecule has 0 radical (unpaired) electrons. The lowest BCUT2D eigenvalue weighted by Crippen LogP contribution is -2.49. The third-order valence-electron chi connectivity index (χ3n) is 4.80. The second-order valence-electron chi connectivity index (χ2n) is 6.80. The maximum absolute atomic E-state index is 13.1. The quantitative estimate of drug-likeness (QED) is 0.705. The summed E-state index contributed by atoms with van der Waals surface area (Å²) in [5.41, 5.74) is 2.79. The van der Waals surface area contributed by atoms with Gasteiger partial charge in [-0.1, -0.05) is 0 Å². The predicted molar refractivity (Wildman–Crippen MR) is 99.2 cm³/mol. The molecule has 4 rings (SSSR count). The summed E-state index contributed by atoms with van der Waals surface area (Å²) >= 11 is 0. The standard InChI is InChI=1S/C19H21FN6O/c1-13-11-14(2)26-19(21-13)22-17(23-26)12-18(27)25-9-7-24(8-10-25)16-5-3-15(20)4-6-16/h3-6,11H,7-10,12H2,1-2H3.